The largest absolute Gasteiger partial charge is 0.437 e. The molecule has 0 saturated carbocycles. The van der Waals surface area contributed by atoms with Crippen molar-refractivity contribution in [2.75, 3.05) is 4.90 Å². The minimum atomic E-state index is 0.524. The number of hydrogen-bond donors (Lipinski definition) is 0. The zero-order valence-corrected chi connectivity index (χ0v) is 12.8. The molecule has 5 heteroatoms. The zero-order valence-electron chi connectivity index (χ0n) is 12.8. The van der Waals surface area contributed by atoms with Crippen LogP contribution in [0, 0.1) is 6.92 Å². The van der Waals surface area contributed by atoms with E-state index < -0.39 is 0 Å². The normalized spacial score (nSPS) is 13.0. The van der Waals surface area contributed by atoms with E-state index in [1.165, 1.54) is 16.7 Å². The van der Waals surface area contributed by atoms with Gasteiger partial charge in [0.15, 0.2) is 0 Å². The Labute approximate surface area is 134 Å². The van der Waals surface area contributed by atoms with Crippen LogP contribution in [0.15, 0.2) is 55.0 Å². The van der Waals surface area contributed by atoms with Gasteiger partial charge in [-0.2, -0.15) is 4.98 Å². The molecule has 0 aliphatic carbocycles. The molecule has 1 aromatic carbocycles. The molecular formula is C18H16N4O. The Morgan fingerprint density at radius 1 is 1.04 bits per heavy atom. The molecule has 0 spiro atoms. The molecule has 3 aromatic rings. The van der Waals surface area contributed by atoms with Crippen molar-refractivity contribution >= 4 is 5.95 Å². The third kappa shape index (κ3) is 2.73. The van der Waals surface area contributed by atoms with Crippen LogP contribution in [-0.4, -0.2) is 15.0 Å². The van der Waals surface area contributed by atoms with Gasteiger partial charge in [-0.15, -0.1) is 0 Å². The minimum Gasteiger partial charge on any atom is -0.437 e. The Kier molecular flexibility index (Phi) is 3.38. The van der Waals surface area contributed by atoms with Crippen molar-refractivity contribution in [2.45, 2.75) is 20.0 Å². The number of pyridine rings is 1. The van der Waals surface area contributed by atoms with Crippen LogP contribution in [0.4, 0.5) is 5.95 Å². The molecule has 23 heavy (non-hydrogen) atoms. The molecule has 0 unspecified atom stereocenters. The number of benzene rings is 1. The van der Waals surface area contributed by atoms with Crippen molar-refractivity contribution in [3.05, 3.63) is 71.7 Å². The maximum Gasteiger partial charge on any atom is 0.229 e. The van der Waals surface area contributed by atoms with Gasteiger partial charge in [0, 0.05) is 31.5 Å². The highest BCUT2D eigenvalue weighted by Gasteiger charge is 2.22. The Morgan fingerprint density at radius 2 is 2.00 bits per heavy atom. The molecule has 0 saturated heterocycles. The number of hydrogen-bond acceptors (Lipinski definition) is 5. The van der Waals surface area contributed by atoms with E-state index in [2.05, 4.69) is 45.0 Å². The van der Waals surface area contributed by atoms with Crippen LogP contribution in [0.2, 0.25) is 0 Å². The highest BCUT2D eigenvalue weighted by Crippen LogP contribution is 2.29. The number of anilines is 1. The summed E-state index contributed by atoms with van der Waals surface area (Å²) in [5.41, 5.74) is 4.02. The topological polar surface area (TPSA) is 51.1 Å². The van der Waals surface area contributed by atoms with Crippen LogP contribution in [0.1, 0.15) is 16.7 Å². The molecular weight excluding hydrogens is 288 g/mol. The highest BCUT2D eigenvalue weighted by atomic mass is 16.5. The van der Waals surface area contributed by atoms with Gasteiger partial charge in [0.05, 0.1) is 6.20 Å². The maximum atomic E-state index is 5.74. The lowest BCUT2D eigenvalue weighted by molar-refractivity contribution is 0.459. The summed E-state index contributed by atoms with van der Waals surface area (Å²) in [6, 6.07) is 11.8. The number of nitrogens with zero attached hydrogens (tertiary/aromatic N) is 4. The molecule has 0 atom stereocenters. The van der Waals surface area contributed by atoms with Crippen LogP contribution < -0.4 is 9.64 Å². The molecule has 1 aliphatic rings. The average molecular weight is 304 g/mol. The van der Waals surface area contributed by atoms with E-state index in [-0.39, 0.29) is 0 Å². The molecule has 114 valence electrons. The maximum absolute atomic E-state index is 5.74. The van der Waals surface area contributed by atoms with Gasteiger partial charge in [-0.25, -0.2) is 4.98 Å². The smallest absolute Gasteiger partial charge is 0.229 e. The van der Waals surface area contributed by atoms with Crippen molar-refractivity contribution in [2.24, 2.45) is 0 Å². The van der Waals surface area contributed by atoms with Crippen LogP contribution in [-0.2, 0) is 13.1 Å². The Balaban J connectivity index is 1.57. The predicted octanol–water partition coefficient (Wildman–Crippen LogP) is 3.49. The second kappa shape index (κ2) is 5.68. The quantitative estimate of drug-likeness (QED) is 0.741. The number of fused-ring (bicyclic) bond motifs is 1. The first-order valence-electron chi connectivity index (χ1n) is 7.53. The second-order valence-corrected chi connectivity index (χ2v) is 5.55. The van der Waals surface area contributed by atoms with E-state index in [1.54, 1.807) is 24.7 Å². The third-order valence-corrected chi connectivity index (χ3v) is 3.97. The van der Waals surface area contributed by atoms with Crippen molar-refractivity contribution < 1.29 is 4.74 Å². The number of ether oxygens (including phenoxy) is 1. The monoisotopic (exact) mass is 304 g/mol. The molecule has 0 radical (unpaired) electrons. The standard InChI is InChI=1S/C18H16N4O/c1-13-4-2-5-14-11-22(12-16(13)14)18-20-9-7-17(21-18)23-15-6-3-8-19-10-15/h2-10H,11-12H2,1H3. The first-order chi connectivity index (χ1) is 11.3. The molecule has 1 aliphatic heterocycles. The fraction of sp³-hybridized carbons (Fsp3) is 0.167. The molecule has 0 N–H and O–H groups in total. The molecule has 4 rings (SSSR count). The summed E-state index contributed by atoms with van der Waals surface area (Å²) < 4.78 is 5.74. The van der Waals surface area contributed by atoms with Crippen molar-refractivity contribution in [1.29, 1.82) is 0 Å². The highest BCUT2D eigenvalue weighted by molar-refractivity contribution is 5.47. The summed E-state index contributed by atoms with van der Waals surface area (Å²) in [5.74, 6) is 1.87. The van der Waals surface area contributed by atoms with E-state index in [0.29, 0.717) is 17.6 Å². The van der Waals surface area contributed by atoms with E-state index in [0.717, 1.165) is 13.1 Å². The van der Waals surface area contributed by atoms with Crippen LogP contribution in [0.5, 0.6) is 11.6 Å². The average Bonchev–Trinajstić information content (AvgIpc) is 3.02. The van der Waals surface area contributed by atoms with Gasteiger partial charge in [-0.05, 0) is 35.7 Å². The fourth-order valence-corrected chi connectivity index (χ4v) is 2.80. The first-order valence-corrected chi connectivity index (χ1v) is 7.53. The summed E-state index contributed by atoms with van der Waals surface area (Å²) in [5, 5.41) is 0. The first kappa shape index (κ1) is 13.7. The van der Waals surface area contributed by atoms with Crippen molar-refractivity contribution in [3.63, 3.8) is 0 Å². The summed E-state index contributed by atoms with van der Waals surface area (Å²) >= 11 is 0. The predicted molar refractivity (Wildman–Crippen MR) is 87.4 cm³/mol. The SMILES string of the molecule is Cc1cccc2c1CN(c1nccc(Oc3cccnc3)n1)C2. The third-order valence-electron chi connectivity index (χ3n) is 3.97. The zero-order chi connectivity index (χ0) is 15.6. The van der Waals surface area contributed by atoms with Crippen molar-refractivity contribution in [3.8, 4) is 11.6 Å². The molecule has 0 amide bonds. The summed E-state index contributed by atoms with van der Waals surface area (Å²) in [4.78, 5) is 15.1. The Hall–Kier alpha value is -2.95. The van der Waals surface area contributed by atoms with Gasteiger partial charge >= 0.3 is 0 Å². The summed E-state index contributed by atoms with van der Waals surface area (Å²) in [7, 11) is 0. The van der Waals surface area contributed by atoms with E-state index in [1.807, 2.05) is 12.1 Å². The van der Waals surface area contributed by atoms with Gasteiger partial charge in [0.2, 0.25) is 11.8 Å². The Bertz CT molecular complexity index is 835. The summed E-state index contributed by atoms with van der Waals surface area (Å²) in [6.45, 7) is 3.80. The molecule has 2 aromatic heterocycles. The van der Waals surface area contributed by atoms with E-state index in [9.17, 15) is 0 Å². The number of rotatable bonds is 3. The van der Waals surface area contributed by atoms with Crippen molar-refractivity contribution in [1.82, 2.24) is 15.0 Å². The number of aromatic nitrogens is 3. The van der Waals surface area contributed by atoms with E-state index >= 15 is 0 Å². The second-order valence-electron chi connectivity index (χ2n) is 5.55. The molecule has 0 fully saturated rings. The fourth-order valence-electron chi connectivity index (χ4n) is 2.80. The molecule has 3 heterocycles. The lowest BCUT2D eigenvalue weighted by Crippen LogP contribution is -2.17. The van der Waals surface area contributed by atoms with Crippen LogP contribution >= 0.6 is 0 Å². The van der Waals surface area contributed by atoms with E-state index in [4.69, 9.17) is 4.74 Å². The van der Waals surface area contributed by atoms with Crippen LogP contribution in [0.3, 0.4) is 0 Å². The molecule has 5 nitrogen and oxygen atoms in total. The number of aryl methyl sites for hydroxylation is 1. The minimum absolute atomic E-state index is 0.524. The van der Waals surface area contributed by atoms with Gasteiger partial charge in [0.25, 0.3) is 0 Å². The van der Waals surface area contributed by atoms with Gasteiger partial charge in [-0.3, -0.25) is 4.98 Å². The lowest BCUT2D eigenvalue weighted by Gasteiger charge is -2.15. The lowest BCUT2D eigenvalue weighted by atomic mass is 10.1. The van der Waals surface area contributed by atoms with Gasteiger partial charge in [-0.1, -0.05) is 18.2 Å². The van der Waals surface area contributed by atoms with Crippen LogP contribution in [0.25, 0.3) is 0 Å². The van der Waals surface area contributed by atoms with Gasteiger partial charge < -0.3 is 9.64 Å². The summed E-state index contributed by atoms with van der Waals surface area (Å²) in [6.07, 6.45) is 5.10. The molecule has 0 bridgehead atoms. The van der Waals surface area contributed by atoms with Gasteiger partial charge in [0.1, 0.15) is 5.75 Å². The Morgan fingerprint density at radius 3 is 2.83 bits per heavy atom.